The van der Waals surface area contributed by atoms with Gasteiger partial charge in [-0.15, -0.1) is 0 Å². The van der Waals surface area contributed by atoms with E-state index < -0.39 is 29.8 Å². The van der Waals surface area contributed by atoms with Crippen LogP contribution >= 0.6 is 0 Å². The average Bonchev–Trinajstić information content (AvgIpc) is 2.81. The second kappa shape index (κ2) is 11.1. The number of likely N-dealkylation sites (N-methyl/N-ethyl adjacent to an activating group) is 1. The molecule has 0 fully saturated rings. The molecule has 2 amide bonds. The Morgan fingerprint density at radius 2 is 1.68 bits per heavy atom. The van der Waals surface area contributed by atoms with Crippen LogP contribution in [0, 0.1) is 6.92 Å². The summed E-state index contributed by atoms with van der Waals surface area (Å²) in [7, 11) is 1.57. The lowest BCUT2D eigenvalue weighted by molar-refractivity contribution is -0.155. The molecule has 3 rings (SSSR count). The van der Waals surface area contributed by atoms with E-state index in [0.29, 0.717) is 22.1 Å². The molecule has 0 unspecified atom stereocenters. The molecular weight excluding hydrogens is 485 g/mol. The van der Waals surface area contributed by atoms with Gasteiger partial charge >= 0.3 is 12.3 Å². The summed E-state index contributed by atoms with van der Waals surface area (Å²) in [5, 5.41) is 3.23. The van der Waals surface area contributed by atoms with Crippen LogP contribution in [0.2, 0.25) is 0 Å². The van der Waals surface area contributed by atoms with Gasteiger partial charge in [-0.2, -0.15) is 13.2 Å². The van der Waals surface area contributed by atoms with Gasteiger partial charge in [0.1, 0.15) is 18.0 Å². The van der Waals surface area contributed by atoms with Crippen LogP contribution in [0.1, 0.15) is 48.3 Å². The summed E-state index contributed by atoms with van der Waals surface area (Å²) in [5.41, 5.74) is -0.109. The van der Waals surface area contributed by atoms with Crippen molar-refractivity contribution in [1.82, 2.24) is 10.2 Å². The zero-order valence-corrected chi connectivity index (χ0v) is 21.5. The first-order chi connectivity index (χ1) is 17.3. The SMILES string of the molecule is Cc1ccc(OCCN(C)C(=O)OC(C)(C)C)cc1C(=O)N[C@@H](c1cccc2ccccc12)C(F)(F)F. The number of rotatable bonds is 7. The van der Waals surface area contributed by atoms with Crippen molar-refractivity contribution in [3.63, 3.8) is 0 Å². The Morgan fingerprint density at radius 1 is 1.00 bits per heavy atom. The first kappa shape index (κ1) is 27.8. The van der Waals surface area contributed by atoms with Crippen LogP contribution in [0.25, 0.3) is 10.8 Å². The number of ether oxygens (including phenoxy) is 2. The van der Waals surface area contributed by atoms with Crippen molar-refractivity contribution in [1.29, 1.82) is 0 Å². The smallest absolute Gasteiger partial charge is 0.412 e. The summed E-state index contributed by atoms with van der Waals surface area (Å²) >= 11 is 0. The first-order valence-electron chi connectivity index (χ1n) is 11.8. The van der Waals surface area contributed by atoms with Crippen LogP contribution in [-0.4, -0.2) is 48.9 Å². The Hall–Kier alpha value is -3.75. The number of alkyl halides is 3. The number of halogens is 3. The molecule has 37 heavy (non-hydrogen) atoms. The number of nitrogens with one attached hydrogen (secondary N) is 1. The van der Waals surface area contributed by atoms with Crippen molar-refractivity contribution in [2.45, 2.75) is 45.5 Å². The Kier molecular flexibility index (Phi) is 8.35. The number of nitrogens with zero attached hydrogens (tertiary/aromatic N) is 1. The van der Waals surface area contributed by atoms with Crippen molar-refractivity contribution in [2.75, 3.05) is 20.2 Å². The highest BCUT2D eigenvalue weighted by Gasteiger charge is 2.42. The Morgan fingerprint density at radius 3 is 2.35 bits per heavy atom. The van der Waals surface area contributed by atoms with Crippen LogP contribution < -0.4 is 10.1 Å². The van der Waals surface area contributed by atoms with Gasteiger partial charge in [-0.25, -0.2) is 4.79 Å². The van der Waals surface area contributed by atoms with Gasteiger partial charge in [-0.05, 0) is 61.7 Å². The van der Waals surface area contributed by atoms with E-state index in [1.807, 2.05) is 0 Å². The molecule has 3 aromatic rings. The number of aryl methyl sites for hydroxylation is 1. The summed E-state index contributed by atoms with van der Waals surface area (Å²) < 4.78 is 53.3. The Balaban J connectivity index is 1.75. The van der Waals surface area contributed by atoms with Crippen molar-refractivity contribution < 1.29 is 32.2 Å². The number of amides is 2. The van der Waals surface area contributed by atoms with Crippen molar-refractivity contribution >= 4 is 22.8 Å². The molecule has 0 heterocycles. The summed E-state index contributed by atoms with van der Waals surface area (Å²) in [6.07, 6.45) is -5.22. The molecule has 9 heteroatoms. The summed E-state index contributed by atoms with van der Waals surface area (Å²) in [4.78, 5) is 26.5. The quantitative estimate of drug-likeness (QED) is 0.393. The fourth-order valence-corrected chi connectivity index (χ4v) is 3.71. The Labute approximate surface area is 214 Å². The minimum atomic E-state index is -4.71. The van der Waals surface area contributed by atoms with Crippen molar-refractivity contribution in [2.24, 2.45) is 0 Å². The highest BCUT2D eigenvalue weighted by Crippen LogP contribution is 2.36. The highest BCUT2D eigenvalue weighted by atomic mass is 19.4. The molecule has 3 aromatic carbocycles. The van der Waals surface area contributed by atoms with Gasteiger partial charge in [-0.3, -0.25) is 4.79 Å². The van der Waals surface area contributed by atoms with Crippen molar-refractivity contribution in [3.05, 3.63) is 77.4 Å². The van der Waals surface area contributed by atoms with Gasteiger partial charge in [0.25, 0.3) is 5.91 Å². The minimum absolute atomic E-state index is 0.0332. The predicted octanol–water partition coefficient (Wildman–Crippen LogP) is 6.43. The van der Waals surface area contributed by atoms with Gasteiger partial charge in [0, 0.05) is 12.6 Å². The lowest BCUT2D eigenvalue weighted by atomic mass is 9.97. The Bertz CT molecular complexity index is 1260. The van der Waals surface area contributed by atoms with E-state index in [0.717, 1.165) is 0 Å². The van der Waals surface area contributed by atoms with Gasteiger partial charge < -0.3 is 19.7 Å². The third kappa shape index (κ3) is 7.38. The molecule has 1 atom stereocenters. The van der Waals surface area contributed by atoms with Gasteiger partial charge in [-0.1, -0.05) is 48.5 Å². The van der Waals surface area contributed by atoms with Gasteiger partial charge in [0.15, 0.2) is 6.04 Å². The fraction of sp³-hybridized carbons (Fsp3) is 0.357. The monoisotopic (exact) mass is 516 g/mol. The third-order valence-electron chi connectivity index (χ3n) is 5.59. The maximum atomic E-state index is 14.1. The molecule has 0 bridgehead atoms. The maximum Gasteiger partial charge on any atom is 0.412 e. The van der Waals surface area contributed by atoms with E-state index in [-0.39, 0.29) is 24.3 Å². The highest BCUT2D eigenvalue weighted by molar-refractivity contribution is 5.97. The molecule has 0 saturated heterocycles. The van der Waals surface area contributed by atoms with E-state index >= 15 is 0 Å². The van der Waals surface area contributed by atoms with Crippen LogP contribution in [0.3, 0.4) is 0 Å². The number of hydrogen-bond acceptors (Lipinski definition) is 4. The number of carbonyl (C=O) groups excluding carboxylic acids is 2. The molecule has 0 aromatic heterocycles. The van der Waals surface area contributed by atoms with Gasteiger partial charge in [0.2, 0.25) is 0 Å². The van der Waals surface area contributed by atoms with Crippen LogP contribution in [0.15, 0.2) is 60.7 Å². The van der Waals surface area contributed by atoms with E-state index in [1.54, 1.807) is 77.2 Å². The second-order valence-electron chi connectivity index (χ2n) is 9.74. The van der Waals surface area contributed by atoms with E-state index in [2.05, 4.69) is 5.32 Å². The van der Waals surface area contributed by atoms with E-state index in [4.69, 9.17) is 9.47 Å². The fourth-order valence-electron chi connectivity index (χ4n) is 3.71. The number of benzene rings is 3. The zero-order chi connectivity index (χ0) is 27.4. The third-order valence-corrected chi connectivity index (χ3v) is 5.59. The average molecular weight is 517 g/mol. The first-order valence-corrected chi connectivity index (χ1v) is 11.8. The predicted molar refractivity (Wildman–Crippen MR) is 136 cm³/mol. The van der Waals surface area contributed by atoms with E-state index in [9.17, 15) is 22.8 Å². The molecule has 0 aliphatic heterocycles. The minimum Gasteiger partial charge on any atom is -0.492 e. The molecule has 0 aliphatic carbocycles. The molecule has 6 nitrogen and oxygen atoms in total. The number of carbonyl (C=O) groups is 2. The van der Waals surface area contributed by atoms with Crippen LogP contribution in [0.4, 0.5) is 18.0 Å². The topological polar surface area (TPSA) is 67.9 Å². The summed E-state index contributed by atoms with van der Waals surface area (Å²) in [6.45, 7) is 7.23. The normalized spacial score (nSPS) is 12.6. The molecule has 0 saturated carbocycles. The molecule has 198 valence electrons. The van der Waals surface area contributed by atoms with E-state index in [1.165, 1.54) is 23.1 Å². The second-order valence-corrected chi connectivity index (χ2v) is 9.74. The summed E-state index contributed by atoms with van der Waals surface area (Å²) in [6, 6.07) is 13.8. The lowest BCUT2D eigenvalue weighted by Gasteiger charge is -2.25. The number of fused-ring (bicyclic) bond motifs is 1. The molecule has 0 radical (unpaired) electrons. The molecule has 0 aliphatic rings. The largest absolute Gasteiger partial charge is 0.492 e. The zero-order valence-electron chi connectivity index (χ0n) is 21.5. The van der Waals surface area contributed by atoms with Crippen LogP contribution in [-0.2, 0) is 4.74 Å². The molecule has 1 N–H and O–H groups in total. The maximum absolute atomic E-state index is 14.1. The van der Waals surface area contributed by atoms with Gasteiger partial charge in [0.05, 0.1) is 6.54 Å². The van der Waals surface area contributed by atoms with Crippen molar-refractivity contribution in [3.8, 4) is 5.75 Å². The standard InChI is InChI=1S/C28H31F3N2O4/c1-18-13-14-20(36-16-15-33(5)26(35)37-27(2,3)4)17-23(18)25(34)32-24(28(29,30)31)22-12-8-10-19-9-6-7-11-21(19)22/h6-14,17,24H,15-16H2,1-5H3,(H,32,34)/t24-/m0/s1. The summed E-state index contributed by atoms with van der Waals surface area (Å²) in [5.74, 6) is -0.578. The molecular formula is C28H31F3N2O4. The lowest BCUT2D eigenvalue weighted by Crippen LogP contribution is -2.38. The molecule has 0 spiro atoms. The number of hydrogen-bond donors (Lipinski definition) is 1. The van der Waals surface area contributed by atoms with Crippen LogP contribution in [0.5, 0.6) is 5.75 Å².